The Kier molecular flexibility index (Phi) is 4.37. The summed E-state index contributed by atoms with van der Waals surface area (Å²) in [6.07, 6.45) is 3.20. The standard InChI is InChI=1S/C17H17N5O3S/c1-10(26-17-12-8-20-22(2)15(12)18-9-19-17)16(23)21-11-3-4-13-14(7-11)25-6-5-24-13/h3-4,7-10H,5-6H2,1-2H3,(H,21,23). The number of carbonyl (C=O) groups excluding carboxylic acids is 1. The van der Waals surface area contributed by atoms with Crippen LogP contribution in [0.3, 0.4) is 0 Å². The zero-order valence-corrected chi connectivity index (χ0v) is 15.1. The fourth-order valence-corrected chi connectivity index (χ4v) is 3.50. The van der Waals surface area contributed by atoms with Gasteiger partial charge in [0.15, 0.2) is 17.1 Å². The van der Waals surface area contributed by atoms with Crippen LogP contribution in [0, 0.1) is 0 Å². The Morgan fingerprint density at radius 2 is 2.08 bits per heavy atom. The molecular formula is C17H17N5O3S. The number of amides is 1. The summed E-state index contributed by atoms with van der Waals surface area (Å²) in [4.78, 5) is 21.1. The van der Waals surface area contributed by atoms with E-state index in [-0.39, 0.29) is 11.2 Å². The van der Waals surface area contributed by atoms with Crippen LogP contribution < -0.4 is 14.8 Å². The van der Waals surface area contributed by atoms with Gasteiger partial charge in [0, 0.05) is 18.8 Å². The number of rotatable bonds is 4. The van der Waals surface area contributed by atoms with Gasteiger partial charge in [-0.05, 0) is 19.1 Å². The Labute approximate surface area is 153 Å². The minimum Gasteiger partial charge on any atom is -0.486 e. The topological polar surface area (TPSA) is 91.2 Å². The number of benzene rings is 1. The lowest BCUT2D eigenvalue weighted by Gasteiger charge is -2.19. The van der Waals surface area contributed by atoms with Gasteiger partial charge in [-0.1, -0.05) is 11.8 Å². The molecule has 0 saturated carbocycles. The summed E-state index contributed by atoms with van der Waals surface area (Å²) in [6, 6.07) is 5.37. The van der Waals surface area contributed by atoms with Gasteiger partial charge in [0.25, 0.3) is 0 Å². The van der Waals surface area contributed by atoms with Crippen LogP contribution in [0.4, 0.5) is 5.69 Å². The Balaban J connectivity index is 1.48. The molecule has 4 rings (SSSR count). The number of aromatic nitrogens is 4. The molecular weight excluding hydrogens is 354 g/mol. The summed E-state index contributed by atoms with van der Waals surface area (Å²) in [7, 11) is 1.82. The first-order valence-corrected chi connectivity index (χ1v) is 8.99. The van der Waals surface area contributed by atoms with Crippen LogP contribution in [0.25, 0.3) is 11.0 Å². The van der Waals surface area contributed by atoms with E-state index in [1.54, 1.807) is 29.1 Å². The lowest BCUT2D eigenvalue weighted by molar-refractivity contribution is -0.115. The molecule has 0 fully saturated rings. The monoisotopic (exact) mass is 371 g/mol. The van der Waals surface area contributed by atoms with E-state index in [2.05, 4.69) is 20.4 Å². The second kappa shape index (κ2) is 6.83. The van der Waals surface area contributed by atoms with E-state index in [0.29, 0.717) is 30.4 Å². The first-order valence-electron chi connectivity index (χ1n) is 8.11. The van der Waals surface area contributed by atoms with E-state index >= 15 is 0 Å². The van der Waals surface area contributed by atoms with Gasteiger partial charge < -0.3 is 14.8 Å². The molecule has 3 aromatic rings. The number of thioether (sulfide) groups is 1. The number of ether oxygens (including phenoxy) is 2. The van der Waals surface area contributed by atoms with Gasteiger partial charge in [0.2, 0.25) is 5.91 Å². The first kappa shape index (κ1) is 16.6. The number of nitrogens with one attached hydrogen (secondary N) is 1. The molecule has 1 aromatic carbocycles. The highest BCUT2D eigenvalue weighted by atomic mass is 32.2. The molecule has 8 nitrogen and oxygen atoms in total. The quantitative estimate of drug-likeness (QED) is 0.555. The third kappa shape index (κ3) is 3.17. The summed E-state index contributed by atoms with van der Waals surface area (Å²) < 4.78 is 12.7. The number of nitrogens with zero attached hydrogens (tertiary/aromatic N) is 4. The molecule has 9 heteroatoms. The summed E-state index contributed by atoms with van der Waals surface area (Å²) >= 11 is 1.37. The van der Waals surface area contributed by atoms with Crippen LogP contribution in [0.15, 0.2) is 35.7 Å². The van der Waals surface area contributed by atoms with Gasteiger partial charge in [0.1, 0.15) is 24.6 Å². The summed E-state index contributed by atoms with van der Waals surface area (Å²) in [6.45, 7) is 2.88. The molecule has 3 heterocycles. The predicted octanol–water partition coefficient (Wildman–Crippen LogP) is 2.25. The molecule has 0 saturated heterocycles. The molecule has 0 spiro atoms. The fourth-order valence-electron chi connectivity index (χ4n) is 2.62. The summed E-state index contributed by atoms with van der Waals surface area (Å²) in [5, 5.41) is 8.31. The molecule has 1 aliphatic heterocycles. The normalized spacial score (nSPS) is 14.2. The highest BCUT2D eigenvalue weighted by Crippen LogP contribution is 2.33. The van der Waals surface area contributed by atoms with Crippen LogP contribution >= 0.6 is 11.8 Å². The Bertz CT molecular complexity index is 974. The van der Waals surface area contributed by atoms with Crippen molar-refractivity contribution in [2.75, 3.05) is 18.5 Å². The number of carbonyl (C=O) groups is 1. The van der Waals surface area contributed by atoms with Gasteiger partial charge in [0.05, 0.1) is 16.8 Å². The van der Waals surface area contributed by atoms with Crippen molar-refractivity contribution in [1.82, 2.24) is 19.7 Å². The SMILES string of the molecule is CC(Sc1ncnc2c1cnn2C)C(=O)Nc1ccc2c(c1)OCCO2. The van der Waals surface area contributed by atoms with E-state index in [9.17, 15) is 4.79 Å². The van der Waals surface area contributed by atoms with Crippen LogP contribution in [0.1, 0.15) is 6.92 Å². The van der Waals surface area contributed by atoms with E-state index in [1.807, 2.05) is 14.0 Å². The average Bonchev–Trinajstić information content (AvgIpc) is 3.04. The van der Waals surface area contributed by atoms with E-state index in [4.69, 9.17) is 9.47 Å². The molecule has 1 aliphatic rings. The number of hydrogen-bond donors (Lipinski definition) is 1. The fraction of sp³-hybridized carbons (Fsp3) is 0.294. The minimum atomic E-state index is -0.346. The van der Waals surface area contributed by atoms with Crippen molar-refractivity contribution in [1.29, 1.82) is 0 Å². The van der Waals surface area contributed by atoms with Crippen molar-refractivity contribution in [2.45, 2.75) is 17.2 Å². The number of aryl methyl sites for hydroxylation is 1. The number of fused-ring (bicyclic) bond motifs is 2. The van der Waals surface area contributed by atoms with Gasteiger partial charge in [-0.3, -0.25) is 9.48 Å². The van der Waals surface area contributed by atoms with Crippen LogP contribution in [0.2, 0.25) is 0 Å². The highest BCUT2D eigenvalue weighted by molar-refractivity contribution is 8.00. The molecule has 1 amide bonds. The van der Waals surface area contributed by atoms with Crippen molar-refractivity contribution in [3.8, 4) is 11.5 Å². The lowest BCUT2D eigenvalue weighted by Crippen LogP contribution is -2.23. The molecule has 0 radical (unpaired) electrons. The predicted molar refractivity (Wildman–Crippen MR) is 97.7 cm³/mol. The molecule has 0 bridgehead atoms. The summed E-state index contributed by atoms with van der Waals surface area (Å²) in [5.41, 5.74) is 1.41. The van der Waals surface area contributed by atoms with Crippen LogP contribution in [0.5, 0.6) is 11.5 Å². The van der Waals surface area contributed by atoms with Crippen LogP contribution in [-0.4, -0.2) is 44.1 Å². The molecule has 134 valence electrons. The van der Waals surface area contributed by atoms with Crippen molar-refractivity contribution < 1.29 is 14.3 Å². The van der Waals surface area contributed by atoms with E-state index in [0.717, 1.165) is 16.1 Å². The third-order valence-corrected chi connectivity index (χ3v) is 5.08. The van der Waals surface area contributed by atoms with Gasteiger partial charge >= 0.3 is 0 Å². The second-order valence-corrected chi connectivity index (χ2v) is 7.12. The molecule has 1 N–H and O–H groups in total. The zero-order valence-electron chi connectivity index (χ0n) is 14.3. The third-order valence-electron chi connectivity index (χ3n) is 3.96. The zero-order chi connectivity index (χ0) is 18.1. The number of hydrogen-bond acceptors (Lipinski definition) is 7. The van der Waals surface area contributed by atoms with Crippen molar-refractivity contribution >= 4 is 34.4 Å². The van der Waals surface area contributed by atoms with Gasteiger partial charge in [-0.2, -0.15) is 5.10 Å². The smallest absolute Gasteiger partial charge is 0.237 e. The molecule has 2 aromatic heterocycles. The summed E-state index contributed by atoms with van der Waals surface area (Å²) in [5.74, 6) is 1.21. The second-order valence-electron chi connectivity index (χ2n) is 5.79. The highest BCUT2D eigenvalue weighted by Gasteiger charge is 2.19. The minimum absolute atomic E-state index is 0.123. The molecule has 26 heavy (non-hydrogen) atoms. The van der Waals surface area contributed by atoms with E-state index < -0.39 is 0 Å². The Morgan fingerprint density at radius 3 is 2.92 bits per heavy atom. The molecule has 0 aliphatic carbocycles. The van der Waals surface area contributed by atoms with E-state index in [1.165, 1.54) is 18.1 Å². The van der Waals surface area contributed by atoms with Gasteiger partial charge in [-0.15, -0.1) is 0 Å². The molecule has 1 atom stereocenters. The number of anilines is 1. The largest absolute Gasteiger partial charge is 0.486 e. The van der Waals surface area contributed by atoms with Gasteiger partial charge in [-0.25, -0.2) is 9.97 Å². The Hall–Kier alpha value is -2.81. The maximum Gasteiger partial charge on any atom is 0.237 e. The van der Waals surface area contributed by atoms with Crippen molar-refractivity contribution in [3.05, 3.63) is 30.7 Å². The lowest BCUT2D eigenvalue weighted by atomic mass is 10.2. The van der Waals surface area contributed by atoms with Crippen molar-refractivity contribution in [2.24, 2.45) is 7.05 Å². The Morgan fingerprint density at radius 1 is 1.27 bits per heavy atom. The maximum absolute atomic E-state index is 12.6. The van der Waals surface area contributed by atoms with Crippen LogP contribution in [-0.2, 0) is 11.8 Å². The average molecular weight is 371 g/mol. The van der Waals surface area contributed by atoms with Crippen molar-refractivity contribution in [3.63, 3.8) is 0 Å². The maximum atomic E-state index is 12.6. The first-order chi connectivity index (χ1) is 12.6. The molecule has 1 unspecified atom stereocenters.